The molecule has 0 aromatic rings. The molecule has 0 spiro atoms. The zero-order valence-corrected chi connectivity index (χ0v) is 13.3. The second kappa shape index (κ2) is 15.5. The van der Waals surface area contributed by atoms with Crippen LogP contribution in [-0.2, 0) is 4.79 Å². The minimum atomic E-state index is 0.450. The minimum Gasteiger partial charge on any atom is -0.300 e. The maximum atomic E-state index is 11.4. The van der Waals surface area contributed by atoms with Gasteiger partial charge in [-0.05, 0) is 32.1 Å². The Bertz CT molecular complexity index is 218. The number of carbonyl (C=O) groups excluding carboxylic acids is 1. The fraction of sp³-hybridized carbons (Fsp3) is 0.833. The molecule has 0 rings (SSSR count). The molecule has 1 heteroatoms. The van der Waals surface area contributed by atoms with Gasteiger partial charge < -0.3 is 0 Å². The van der Waals surface area contributed by atoms with Gasteiger partial charge in [-0.25, -0.2) is 0 Å². The van der Waals surface area contributed by atoms with Gasteiger partial charge >= 0.3 is 0 Å². The van der Waals surface area contributed by atoms with Crippen LogP contribution < -0.4 is 0 Å². The van der Waals surface area contributed by atoms with Crippen LogP contribution in [0.4, 0.5) is 0 Å². The van der Waals surface area contributed by atoms with Crippen LogP contribution in [0.5, 0.6) is 0 Å². The Morgan fingerprint density at radius 3 is 1.89 bits per heavy atom. The second-order valence-electron chi connectivity index (χ2n) is 5.56. The number of carbonyl (C=O) groups is 1. The molecule has 0 aromatic carbocycles. The van der Waals surface area contributed by atoms with Crippen molar-refractivity contribution in [2.45, 2.75) is 97.3 Å². The Hall–Kier alpha value is -0.590. The number of allylic oxidation sites excluding steroid dienone is 2. The summed E-state index contributed by atoms with van der Waals surface area (Å²) >= 11 is 0. The van der Waals surface area contributed by atoms with Crippen LogP contribution in [-0.4, -0.2) is 5.78 Å². The first kappa shape index (κ1) is 18.4. The lowest BCUT2D eigenvalue weighted by Crippen LogP contribution is -1.96. The van der Waals surface area contributed by atoms with E-state index in [9.17, 15) is 4.79 Å². The predicted octanol–water partition coefficient (Wildman–Crippen LogP) is 6.22. The molecule has 0 saturated heterocycles. The number of hydrogen-bond donors (Lipinski definition) is 0. The van der Waals surface area contributed by atoms with Crippen LogP contribution in [0.25, 0.3) is 0 Å². The highest BCUT2D eigenvalue weighted by Gasteiger charge is 1.99. The molecule has 112 valence electrons. The van der Waals surface area contributed by atoms with Crippen molar-refractivity contribution in [3.63, 3.8) is 0 Å². The summed E-state index contributed by atoms with van der Waals surface area (Å²) in [5, 5.41) is 0. The first-order valence-corrected chi connectivity index (χ1v) is 8.48. The molecule has 0 aliphatic rings. The molecule has 0 radical (unpaired) electrons. The van der Waals surface area contributed by atoms with Gasteiger partial charge in [0.1, 0.15) is 5.78 Å². The molecule has 0 fully saturated rings. The zero-order chi connectivity index (χ0) is 14.2. The molecule has 19 heavy (non-hydrogen) atoms. The van der Waals surface area contributed by atoms with Gasteiger partial charge in [-0.2, -0.15) is 0 Å². The van der Waals surface area contributed by atoms with Crippen molar-refractivity contribution >= 4 is 5.78 Å². The highest BCUT2D eigenvalue weighted by Crippen LogP contribution is 2.08. The van der Waals surface area contributed by atoms with Gasteiger partial charge in [-0.3, -0.25) is 4.79 Å². The van der Waals surface area contributed by atoms with Crippen molar-refractivity contribution in [2.75, 3.05) is 0 Å². The van der Waals surface area contributed by atoms with Crippen molar-refractivity contribution in [1.82, 2.24) is 0 Å². The van der Waals surface area contributed by atoms with E-state index in [0.29, 0.717) is 5.78 Å². The summed E-state index contributed by atoms with van der Waals surface area (Å²) in [6, 6.07) is 0. The monoisotopic (exact) mass is 266 g/mol. The van der Waals surface area contributed by atoms with Crippen molar-refractivity contribution in [2.24, 2.45) is 0 Å². The van der Waals surface area contributed by atoms with Gasteiger partial charge in [-0.1, -0.05) is 64.5 Å². The number of Topliss-reactive ketones (excluding diaryl/α,β-unsaturated/α-hetero) is 1. The number of ketones is 1. The number of rotatable bonds is 14. The minimum absolute atomic E-state index is 0.450. The molecule has 0 unspecified atom stereocenters. The number of hydrogen-bond acceptors (Lipinski definition) is 1. The summed E-state index contributed by atoms with van der Waals surface area (Å²) in [5.74, 6) is 0.450. The van der Waals surface area contributed by atoms with Crippen LogP contribution in [0.3, 0.4) is 0 Å². The maximum absolute atomic E-state index is 11.4. The standard InChI is InChI=1S/C18H34O/c1-3-5-7-8-9-10-11-12-13-14-15-17-18(19)16-6-4-2/h12-13H,3-11,14-17H2,1-2H3. The third-order valence-electron chi connectivity index (χ3n) is 3.53. The summed E-state index contributed by atoms with van der Waals surface area (Å²) in [4.78, 5) is 11.4. The summed E-state index contributed by atoms with van der Waals surface area (Å²) < 4.78 is 0. The van der Waals surface area contributed by atoms with Crippen molar-refractivity contribution in [1.29, 1.82) is 0 Å². The fourth-order valence-electron chi connectivity index (χ4n) is 2.19. The molecule has 0 N–H and O–H groups in total. The lowest BCUT2D eigenvalue weighted by Gasteiger charge is -1.98. The van der Waals surface area contributed by atoms with Crippen LogP contribution in [0.15, 0.2) is 12.2 Å². The Labute approximate surface area is 120 Å². The molecule has 0 heterocycles. The van der Waals surface area contributed by atoms with Crippen LogP contribution in [0, 0.1) is 0 Å². The molecule has 0 amide bonds. The Balaban J connectivity index is 3.19. The van der Waals surface area contributed by atoms with Crippen molar-refractivity contribution in [3.05, 3.63) is 12.2 Å². The van der Waals surface area contributed by atoms with Crippen molar-refractivity contribution in [3.8, 4) is 0 Å². The van der Waals surface area contributed by atoms with Gasteiger partial charge in [-0.15, -0.1) is 0 Å². The van der Waals surface area contributed by atoms with E-state index in [1.165, 1.54) is 44.9 Å². The van der Waals surface area contributed by atoms with E-state index in [2.05, 4.69) is 26.0 Å². The largest absolute Gasteiger partial charge is 0.300 e. The zero-order valence-electron chi connectivity index (χ0n) is 13.3. The van der Waals surface area contributed by atoms with Crippen LogP contribution >= 0.6 is 0 Å². The van der Waals surface area contributed by atoms with Crippen LogP contribution in [0.2, 0.25) is 0 Å². The highest BCUT2D eigenvalue weighted by atomic mass is 16.1. The summed E-state index contributed by atoms with van der Waals surface area (Å²) in [7, 11) is 0. The van der Waals surface area contributed by atoms with E-state index in [1.807, 2.05) is 0 Å². The van der Waals surface area contributed by atoms with Gasteiger partial charge in [0.2, 0.25) is 0 Å². The maximum Gasteiger partial charge on any atom is 0.132 e. The van der Waals surface area contributed by atoms with Crippen molar-refractivity contribution < 1.29 is 4.79 Å². The van der Waals surface area contributed by atoms with Gasteiger partial charge in [0.15, 0.2) is 0 Å². The predicted molar refractivity (Wildman–Crippen MR) is 85.5 cm³/mol. The molecule has 0 atom stereocenters. The smallest absolute Gasteiger partial charge is 0.132 e. The second-order valence-corrected chi connectivity index (χ2v) is 5.56. The lowest BCUT2D eigenvalue weighted by atomic mass is 10.1. The summed E-state index contributed by atoms with van der Waals surface area (Å²) in [6.45, 7) is 4.40. The van der Waals surface area contributed by atoms with E-state index in [0.717, 1.165) is 38.5 Å². The highest BCUT2D eigenvalue weighted by molar-refractivity contribution is 5.78. The Morgan fingerprint density at radius 2 is 1.21 bits per heavy atom. The third kappa shape index (κ3) is 15.4. The normalized spacial score (nSPS) is 11.3. The molecule has 0 aliphatic carbocycles. The van der Waals surface area contributed by atoms with Crippen LogP contribution in [0.1, 0.15) is 97.3 Å². The molecular weight excluding hydrogens is 232 g/mol. The van der Waals surface area contributed by atoms with E-state index in [-0.39, 0.29) is 0 Å². The van der Waals surface area contributed by atoms with Gasteiger partial charge in [0.05, 0.1) is 0 Å². The van der Waals surface area contributed by atoms with E-state index >= 15 is 0 Å². The quantitative estimate of drug-likeness (QED) is 0.269. The van der Waals surface area contributed by atoms with E-state index in [4.69, 9.17) is 0 Å². The molecule has 0 saturated carbocycles. The van der Waals surface area contributed by atoms with Gasteiger partial charge in [0.25, 0.3) is 0 Å². The SMILES string of the molecule is CCCCCCCCC=CCCCC(=O)CCCC. The van der Waals surface area contributed by atoms with E-state index in [1.54, 1.807) is 0 Å². The lowest BCUT2D eigenvalue weighted by molar-refractivity contribution is -0.119. The average Bonchev–Trinajstić information content (AvgIpc) is 2.42. The summed E-state index contributed by atoms with van der Waals surface area (Å²) in [5.41, 5.74) is 0. The molecule has 0 aliphatic heterocycles. The molecule has 1 nitrogen and oxygen atoms in total. The molecular formula is C18H34O. The molecule has 0 aromatic heterocycles. The Morgan fingerprint density at radius 1 is 0.684 bits per heavy atom. The first-order chi connectivity index (χ1) is 9.31. The fourth-order valence-corrected chi connectivity index (χ4v) is 2.19. The summed E-state index contributed by atoms with van der Waals surface area (Å²) in [6.07, 6.45) is 19.9. The molecule has 0 bridgehead atoms. The first-order valence-electron chi connectivity index (χ1n) is 8.48. The number of unbranched alkanes of at least 4 members (excludes halogenated alkanes) is 8. The topological polar surface area (TPSA) is 17.1 Å². The van der Waals surface area contributed by atoms with Gasteiger partial charge in [0, 0.05) is 12.8 Å². The van der Waals surface area contributed by atoms with E-state index < -0.39 is 0 Å². The third-order valence-corrected chi connectivity index (χ3v) is 3.53. The average molecular weight is 266 g/mol. The Kier molecular flexibility index (Phi) is 15.0.